The van der Waals surface area contributed by atoms with Crippen molar-refractivity contribution in [3.8, 4) is 0 Å². The van der Waals surface area contributed by atoms with Crippen molar-refractivity contribution in [3.63, 3.8) is 0 Å². The predicted molar refractivity (Wildman–Crippen MR) is 208 cm³/mol. The molecule has 0 spiro atoms. The van der Waals surface area contributed by atoms with Crippen molar-refractivity contribution in [2.24, 2.45) is 5.92 Å². The molecule has 4 aromatic rings. The van der Waals surface area contributed by atoms with Gasteiger partial charge >= 0.3 is 0 Å². The normalized spacial score (nSPS) is 21.4. The minimum Gasteiger partial charge on any atom is -0.392 e. The number of rotatable bonds is 15. The molecule has 1 amide bonds. The summed E-state index contributed by atoms with van der Waals surface area (Å²) in [5.74, 6) is -0.472. The minimum absolute atomic E-state index is 0.0168. The Labute approximate surface area is 314 Å². The summed E-state index contributed by atoms with van der Waals surface area (Å²) in [6.07, 6.45) is 5.71. The lowest BCUT2D eigenvalue weighted by Crippen LogP contribution is -2.47. The summed E-state index contributed by atoms with van der Waals surface area (Å²) in [5.41, 5.74) is 4.80. The maximum atomic E-state index is 13.9. The van der Waals surface area contributed by atoms with Gasteiger partial charge in [0, 0.05) is 36.3 Å². The van der Waals surface area contributed by atoms with Crippen LogP contribution in [0.15, 0.2) is 121 Å². The highest BCUT2D eigenvalue weighted by molar-refractivity contribution is 7.89. The van der Waals surface area contributed by atoms with Crippen molar-refractivity contribution >= 4 is 21.6 Å². The molecule has 5 atom stereocenters. The van der Waals surface area contributed by atoms with Crippen LogP contribution >= 0.6 is 0 Å². The van der Waals surface area contributed by atoms with Crippen LogP contribution in [-0.2, 0) is 37.3 Å². The summed E-state index contributed by atoms with van der Waals surface area (Å²) in [6, 6.07) is 30.5. The van der Waals surface area contributed by atoms with Crippen molar-refractivity contribution in [1.29, 1.82) is 0 Å². The number of benzene rings is 4. The number of aryl methyl sites for hydroxylation is 1. The molecule has 0 bridgehead atoms. The van der Waals surface area contributed by atoms with Gasteiger partial charge in [0.05, 0.1) is 23.7 Å². The van der Waals surface area contributed by atoms with Crippen molar-refractivity contribution < 1.29 is 27.8 Å². The number of carbonyl (C=O) groups excluding carboxylic acids is 1. The second-order valence-corrected chi connectivity index (χ2v) is 16.0. The largest absolute Gasteiger partial charge is 0.392 e. The number of hydrogen-bond donors (Lipinski definition) is 3. The standard InChI is InChI=1S/C43H51N3O6S/c1-4-25-46(37-15-8-9-16-37)28-40-31(3)41(34-21-19-33(29-47)20-22-34)52-43(51-40)35-13-10-14-36(27-35)44-42(48)39(26-32-11-6-5-7-12-32)45-53(49,50)38-23-17-30(2)18-24-38/h4-7,10-14,17-24,27,31,37,39-41,43,45,47H,1,8-9,15-16,25-26,28-29H2,2-3H3,(H,44,48)/t31-,39+,40+,41+,43+/m0/s1. The molecule has 2 fully saturated rings. The summed E-state index contributed by atoms with van der Waals surface area (Å²) < 4.78 is 43.1. The van der Waals surface area contributed by atoms with Crippen LogP contribution < -0.4 is 10.0 Å². The van der Waals surface area contributed by atoms with Gasteiger partial charge in [-0.05, 0) is 67.1 Å². The molecule has 1 aliphatic heterocycles. The number of carbonyl (C=O) groups is 1. The lowest BCUT2D eigenvalue weighted by Gasteiger charge is -2.43. The molecule has 9 nitrogen and oxygen atoms in total. The summed E-state index contributed by atoms with van der Waals surface area (Å²) in [6.45, 7) is 9.54. The van der Waals surface area contributed by atoms with E-state index in [2.05, 4.69) is 28.4 Å². The molecule has 1 saturated carbocycles. The SMILES string of the molecule is C=CCN(C[C@H]1O[C@@H](c2cccc(NC(=O)[C@@H](Cc3ccccc3)NS(=O)(=O)c3ccc(C)cc3)c2)O[C@@H](c2ccc(CO)cc2)[C@H]1C)C1CCCC1. The van der Waals surface area contributed by atoms with Gasteiger partial charge in [0.1, 0.15) is 6.04 Å². The maximum Gasteiger partial charge on any atom is 0.242 e. The van der Waals surface area contributed by atoms with Crippen molar-refractivity contribution in [2.45, 2.75) is 88.0 Å². The highest BCUT2D eigenvalue weighted by Gasteiger charge is 2.40. The van der Waals surface area contributed by atoms with Crippen LogP contribution in [-0.4, -0.2) is 55.6 Å². The van der Waals surface area contributed by atoms with E-state index in [1.54, 1.807) is 18.2 Å². The molecular weight excluding hydrogens is 687 g/mol. The van der Waals surface area contributed by atoms with Gasteiger partial charge in [-0.15, -0.1) is 6.58 Å². The third-order valence-corrected chi connectivity index (χ3v) is 11.9. The predicted octanol–water partition coefficient (Wildman–Crippen LogP) is 7.24. The Kier molecular flexibility index (Phi) is 12.9. The lowest BCUT2D eigenvalue weighted by molar-refractivity contribution is -0.276. The molecule has 6 rings (SSSR count). The maximum absolute atomic E-state index is 13.9. The van der Waals surface area contributed by atoms with E-state index in [9.17, 15) is 18.3 Å². The van der Waals surface area contributed by atoms with E-state index in [0.29, 0.717) is 11.7 Å². The van der Waals surface area contributed by atoms with Crippen LogP contribution in [0.25, 0.3) is 0 Å². The minimum atomic E-state index is -4.00. The number of anilines is 1. The van der Waals surface area contributed by atoms with E-state index >= 15 is 0 Å². The summed E-state index contributed by atoms with van der Waals surface area (Å²) >= 11 is 0. The van der Waals surface area contributed by atoms with Crippen LogP contribution in [0.2, 0.25) is 0 Å². The van der Waals surface area contributed by atoms with E-state index in [0.717, 1.165) is 53.7 Å². The van der Waals surface area contributed by atoms with E-state index < -0.39 is 28.3 Å². The van der Waals surface area contributed by atoms with E-state index in [1.165, 1.54) is 25.0 Å². The Morgan fingerprint density at radius 2 is 1.64 bits per heavy atom. The number of amides is 1. The summed E-state index contributed by atoms with van der Waals surface area (Å²) in [4.78, 5) is 16.5. The van der Waals surface area contributed by atoms with Crippen LogP contribution in [0.3, 0.4) is 0 Å². The topological polar surface area (TPSA) is 117 Å². The average molecular weight is 738 g/mol. The fourth-order valence-electron chi connectivity index (χ4n) is 7.37. The molecule has 53 heavy (non-hydrogen) atoms. The summed E-state index contributed by atoms with van der Waals surface area (Å²) in [5, 5.41) is 12.6. The Bertz CT molecular complexity index is 1910. The van der Waals surface area contributed by atoms with E-state index in [1.807, 2.05) is 85.8 Å². The lowest BCUT2D eigenvalue weighted by atomic mass is 9.89. The third-order valence-electron chi connectivity index (χ3n) is 10.4. The number of aliphatic hydroxyl groups is 1. The van der Waals surface area contributed by atoms with Crippen molar-refractivity contribution in [3.05, 3.63) is 144 Å². The molecule has 10 heteroatoms. The van der Waals surface area contributed by atoms with E-state index in [-0.39, 0.29) is 36.0 Å². The molecule has 1 aliphatic carbocycles. The van der Waals surface area contributed by atoms with Crippen LogP contribution in [0, 0.1) is 12.8 Å². The Morgan fingerprint density at radius 3 is 2.32 bits per heavy atom. The molecule has 1 heterocycles. The molecule has 0 radical (unpaired) electrons. The van der Waals surface area contributed by atoms with Gasteiger partial charge in [0.2, 0.25) is 15.9 Å². The molecule has 0 unspecified atom stereocenters. The number of aliphatic hydroxyl groups excluding tert-OH is 1. The first-order valence-corrected chi connectivity index (χ1v) is 20.0. The number of hydrogen-bond acceptors (Lipinski definition) is 7. The molecule has 0 aromatic heterocycles. The van der Waals surface area contributed by atoms with Crippen molar-refractivity contribution in [2.75, 3.05) is 18.4 Å². The molecule has 280 valence electrons. The molecular formula is C43H51N3O6S. The van der Waals surface area contributed by atoms with Gasteiger partial charge in [0.15, 0.2) is 6.29 Å². The zero-order chi connectivity index (χ0) is 37.4. The number of nitrogens with zero attached hydrogens (tertiary/aromatic N) is 1. The van der Waals surface area contributed by atoms with Gasteiger partial charge < -0.3 is 19.9 Å². The number of sulfonamides is 1. The van der Waals surface area contributed by atoms with Crippen LogP contribution in [0.5, 0.6) is 0 Å². The second kappa shape index (κ2) is 17.8. The molecule has 1 saturated heterocycles. The molecule has 2 aliphatic rings. The Balaban J connectivity index is 1.25. The van der Waals surface area contributed by atoms with Crippen molar-refractivity contribution in [1.82, 2.24) is 9.62 Å². The average Bonchev–Trinajstić information content (AvgIpc) is 3.71. The first-order chi connectivity index (χ1) is 25.6. The summed E-state index contributed by atoms with van der Waals surface area (Å²) in [7, 11) is -4.00. The van der Waals surface area contributed by atoms with E-state index in [4.69, 9.17) is 9.47 Å². The Hall–Kier alpha value is -4.16. The molecule has 3 N–H and O–H groups in total. The molecule has 4 aromatic carbocycles. The first-order valence-electron chi connectivity index (χ1n) is 18.5. The van der Waals surface area contributed by atoms with Gasteiger partial charge in [0.25, 0.3) is 0 Å². The number of nitrogens with one attached hydrogen (secondary N) is 2. The first kappa shape index (κ1) is 38.6. The monoisotopic (exact) mass is 737 g/mol. The fraction of sp³-hybridized carbons (Fsp3) is 0.372. The third kappa shape index (κ3) is 9.89. The van der Waals surface area contributed by atoms with Crippen LogP contribution in [0.4, 0.5) is 5.69 Å². The van der Waals surface area contributed by atoms with Gasteiger partial charge in [-0.2, -0.15) is 4.72 Å². The zero-order valence-electron chi connectivity index (χ0n) is 30.6. The van der Waals surface area contributed by atoms with Crippen LogP contribution in [0.1, 0.15) is 72.8 Å². The Morgan fingerprint density at radius 1 is 0.925 bits per heavy atom. The van der Waals surface area contributed by atoms with Gasteiger partial charge in [-0.1, -0.05) is 110 Å². The number of ether oxygens (including phenoxy) is 2. The smallest absolute Gasteiger partial charge is 0.242 e. The van der Waals surface area contributed by atoms with Gasteiger partial charge in [-0.25, -0.2) is 8.42 Å². The highest BCUT2D eigenvalue weighted by Crippen LogP contribution is 2.42. The fourth-order valence-corrected chi connectivity index (χ4v) is 8.57. The van der Waals surface area contributed by atoms with Gasteiger partial charge in [-0.3, -0.25) is 9.69 Å². The highest BCUT2D eigenvalue weighted by atomic mass is 32.2. The zero-order valence-corrected chi connectivity index (χ0v) is 31.4. The quantitative estimate of drug-likeness (QED) is 0.110. The second-order valence-electron chi connectivity index (χ2n) is 14.3.